The molecular formula is C11H12INO3S. The molecular weight excluding hydrogens is 353 g/mol. The summed E-state index contributed by atoms with van der Waals surface area (Å²) < 4.78 is 5.79. The van der Waals surface area contributed by atoms with Gasteiger partial charge in [-0.1, -0.05) is 0 Å². The Balaban J connectivity index is 2.16. The summed E-state index contributed by atoms with van der Waals surface area (Å²) in [4.78, 5) is 25.4. The summed E-state index contributed by atoms with van der Waals surface area (Å²) in [5.41, 5.74) is 0.662. The Kier molecular flexibility index (Phi) is 4.03. The second kappa shape index (κ2) is 5.34. The smallest absolute Gasteiger partial charge is 0.328 e. The van der Waals surface area contributed by atoms with Gasteiger partial charge >= 0.3 is 5.97 Å². The summed E-state index contributed by atoms with van der Waals surface area (Å²) in [6, 6.07) is 1.44. The molecule has 2 heterocycles. The highest BCUT2D eigenvalue weighted by Gasteiger charge is 2.35. The lowest BCUT2D eigenvalue weighted by Gasteiger charge is -2.22. The Morgan fingerprint density at radius 3 is 2.94 bits per heavy atom. The first-order chi connectivity index (χ1) is 8.13. The second-order valence-electron chi connectivity index (χ2n) is 3.82. The normalized spacial score (nSPS) is 19.4. The van der Waals surface area contributed by atoms with E-state index in [1.807, 2.05) is 11.4 Å². The SMILES string of the molecule is COC(=O)C1CCCN1C(=O)c1csc(I)c1. The molecule has 0 spiro atoms. The summed E-state index contributed by atoms with van der Waals surface area (Å²) in [6.45, 7) is 0.630. The molecule has 0 saturated carbocycles. The fraction of sp³-hybridized carbons (Fsp3) is 0.455. The molecule has 0 aliphatic carbocycles. The summed E-state index contributed by atoms with van der Waals surface area (Å²) in [5.74, 6) is -0.391. The maximum atomic E-state index is 12.2. The molecule has 0 N–H and O–H groups in total. The number of hydrogen-bond donors (Lipinski definition) is 0. The van der Waals surface area contributed by atoms with Crippen LogP contribution in [0.5, 0.6) is 0 Å². The highest BCUT2D eigenvalue weighted by molar-refractivity contribution is 14.1. The number of methoxy groups -OCH3 is 1. The Labute approximate surface area is 117 Å². The van der Waals surface area contributed by atoms with Crippen molar-refractivity contribution in [3.8, 4) is 0 Å². The van der Waals surface area contributed by atoms with E-state index in [9.17, 15) is 9.59 Å². The van der Waals surface area contributed by atoms with Gasteiger partial charge in [-0.15, -0.1) is 11.3 Å². The van der Waals surface area contributed by atoms with Crippen LogP contribution in [0.3, 0.4) is 0 Å². The van der Waals surface area contributed by atoms with Crippen LogP contribution in [0.15, 0.2) is 11.4 Å². The zero-order valence-electron chi connectivity index (χ0n) is 9.31. The fourth-order valence-corrected chi connectivity index (χ4v) is 3.30. The molecule has 0 aromatic carbocycles. The molecule has 1 aromatic rings. The minimum absolute atomic E-state index is 0.0722. The lowest BCUT2D eigenvalue weighted by Crippen LogP contribution is -2.40. The van der Waals surface area contributed by atoms with Crippen molar-refractivity contribution in [2.75, 3.05) is 13.7 Å². The van der Waals surface area contributed by atoms with Gasteiger partial charge in [-0.3, -0.25) is 4.79 Å². The number of halogens is 1. The van der Waals surface area contributed by atoms with Crippen LogP contribution in [0, 0.1) is 2.88 Å². The number of likely N-dealkylation sites (tertiary alicyclic amines) is 1. The van der Waals surface area contributed by atoms with E-state index in [1.165, 1.54) is 18.4 Å². The van der Waals surface area contributed by atoms with E-state index in [2.05, 4.69) is 22.6 Å². The van der Waals surface area contributed by atoms with Gasteiger partial charge in [-0.25, -0.2) is 4.79 Å². The van der Waals surface area contributed by atoms with Crippen molar-refractivity contribution in [1.29, 1.82) is 0 Å². The molecule has 2 rings (SSSR count). The van der Waals surface area contributed by atoms with E-state index in [0.29, 0.717) is 18.5 Å². The van der Waals surface area contributed by atoms with Gasteiger partial charge in [0, 0.05) is 11.9 Å². The maximum Gasteiger partial charge on any atom is 0.328 e. The van der Waals surface area contributed by atoms with Gasteiger partial charge in [0.05, 0.1) is 15.6 Å². The summed E-state index contributed by atoms with van der Waals surface area (Å²) in [6.07, 6.45) is 1.55. The van der Waals surface area contributed by atoms with Crippen LogP contribution < -0.4 is 0 Å². The van der Waals surface area contributed by atoms with Gasteiger partial charge in [0.25, 0.3) is 5.91 Å². The van der Waals surface area contributed by atoms with Crippen molar-refractivity contribution in [1.82, 2.24) is 4.90 Å². The zero-order chi connectivity index (χ0) is 12.4. The van der Waals surface area contributed by atoms with Crippen molar-refractivity contribution in [3.05, 3.63) is 19.9 Å². The topological polar surface area (TPSA) is 46.6 Å². The average Bonchev–Trinajstić information content (AvgIpc) is 2.95. The Hall–Kier alpha value is -0.630. The molecule has 0 radical (unpaired) electrons. The largest absolute Gasteiger partial charge is 0.467 e. The number of amides is 1. The van der Waals surface area contributed by atoms with Crippen LogP contribution in [0.25, 0.3) is 0 Å². The van der Waals surface area contributed by atoms with Gasteiger partial charge in [-0.05, 0) is 41.5 Å². The minimum Gasteiger partial charge on any atom is -0.467 e. The minimum atomic E-state index is -0.412. The summed E-state index contributed by atoms with van der Waals surface area (Å²) in [5, 5.41) is 1.83. The molecule has 6 heteroatoms. The van der Waals surface area contributed by atoms with Crippen molar-refractivity contribution < 1.29 is 14.3 Å². The molecule has 1 aromatic heterocycles. The van der Waals surface area contributed by atoms with E-state index in [-0.39, 0.29) is 11.9 Å². The van der Waals surface area contributed by atoms with Gasteiger partial charge < -0.3 is 9.64 Å². The van der Waals surface area contributed by atoms with Crippen LogP contribution in [0.1, 0.15) is 23.2 Å². The number of rotatable bonds is 2. The molecule has 1 fully saturated rings. The van der Waals surface area contributed by atoms with Gasteiger partial charge in [-0.2, -0.15) is 0 Å². The molecule has 1 aliphatic heterocycles. The number of carbonyl (C=O) groups is 2. The monoisotopic (exact) mass is 365 g/mol. The van der Waals surface area contributed by atoms with Crippen LogP contribution in [-0.2, 0) is 9.53 Å². The van der Waals surface area contributed by atoms with E-state index in [4.69, 9.17) is 4.74 Å². The van der Waals surface area contributed by atoms with E-state index in [1.54, 1.807) is 4.90 Å². The van der Waals surface area contributed by atoms with Crippen molar-refractivity contribution in [3.63, 3.8) is 0 Å². The number of hydrogen-bond acceptors (Lipinski definition) is 4. The van der Waals surface area contributed by atoms with Gasteiger partial charge in [0.1, 0.15) is 6.04 Å². The molecule has 1 unspecified atom stereocenters. The Bertz CT molecular complexity index is 446. The molecule has 1 atom stereocenters. The van der Waals surface area contributed by atoms with Crippen LogP contribution in [0.4, 0.5) is 0 Å². The third-order valence-electron chi connectivity index (χ3n) is 2.80. The Morgan fingerprint density at radius 2 is 2.35 bits per heavy atom. The molecule has 1 aliphatic rings. The maximum absolute atomic E-state index is 12.2. The third kappa shape index (κ3) is 2.62. The molecule has 92 valence electrons. The predicted octanol–water partition coefficient (Wildman–Crippen LogP) is 2.13. The number of esters is 1. The highest BCUT2D eigenvalue weighted by Crippen LogP contribution is 2.24. The van der Waals surface area contributed by atoms with Crippen LogP contribution >= 0.6 is 33.9 Å². The first-order valence-corrected chi connectivity index (χ1v) is 7.22. The lowest BCUT2D eigenvalue weighted by molar-refractivity contribution is -0.145. The number of thiophene rings is 1. The number of nitrogens with zero attached hydrogens (tertiary/aromatic N) is 1. The van der Waals surface area contributed by atoms with E-state index in [0.717, 1.165) is 9.30 Å². The molecule has 0 bridgehead atoms. The third-order valence-corrected chi connectivity index (χ3v) is 4.59. The summed E-state index contributed by atoms with van der Waals surface area (Å²) >= 11 is 3.71. The number of carbonyl (C=O) groups excluding carboxylic acids is 2. The second-order valence-corrected chi connectivity index (χ2v) is 6.62. The summed E-state index contributed by atoms with van der Waals surface area (Å²) in [7, 11) is 1.36. The first-order valence-electron chi connectivity index (χ1n) is 5.26. The quantitative estimate of drug-likeness (QED) is 0.596. The predicted molar refractivity (Wildman–Crippen MR) is 73.1 cm³/mol. The average molecular weight is 365 g/mol. The van der Waals surface area contributed by atoms with Crippen LogP contribution in [-0.4, -0.2) is 36.5 Å². The van der Waals surface area contributed by atoms with Crippen LogP contribution in [0.2, 0.25) is 0 Å². The first kappa shape index (κ1) is 12.8. The molecule has 17 heavy (non-hydrogen) atoms. The lowest BCUT2D eigenvalue weighted by atomic mass is 10.2. The standard InChI is InChI=1S/C11H12INO3S/c1-16-11(15)8-3-2-4-13(8)10(14)7-5-9(12)17-6-7/h5-6,8H,2-4H2,1H3. The number of ether oxygens (including phenoxy) is 1. The Morgan fingerprint density at radius 1 is 1.59 bits per heavy atom. The zero-order valence-corrected chi connectivity index (χ0v) is 12.3. The van der Waals surface area contributed by atoms with Crippen molar-refractivity contribution in [2.45, 2.75) is 18.9 Å². The van der Waals surface area contributed by atoms with Crippen molar-refractivity contribution in [2.24, 2.45) is 0 Å². The fourth-order valence-electron chi connectivity index (χ4n) is 1.98. The van der Waals surface area contributed by atoms with Gasteiger partial charge in [0.15, 0.2) is 0 Å². The van der Waals surface area contributed by atoms with E-state index < -0.39 is 6.04 Å². The molecule has 1 saturated heterocycles. The molecule has 4 nitrogen and oxygen atoms in total. The van der Waals surface area contributed by atoms with E-state index >= 15 is 0 Å². The van der Waals surface area contributed by atoms with Crippen molar-refractivity contribution >= 4 is 45.8 Å². The molecule has 1 amide bonds. The highest BCUT2D eigenvalue weighted by atomic mass is 127. The van der Waals surface area contributed by atoms with Gasteiger partial charge in [0.2, 0.25) is 0 Å².